The Hall–Kier alpha value is -1.70. The van der Waals surface area contributed by atoms with Gasteiger partial charge in [0, 0.05) is 17.7 Å². The van der Waals surface area contributed by atoms with Crippen LogP contribution in [0.3, 0.4) is 0 Å². The highest BCUT2D eigenvalue weighted by Gasteiger charge is 2.22. The fraction of sp³-hybridized carbons (Fsp3) is 0.444. The second-order valence-corrected chi connectivity index (χ2v) is 6.72. The molecule has 1 aromatic carbocycles. The number of rotatable bonds is 2. The number of benzene rings is 1. The van der Waals surface area contributed by atoms with E-state index >= 15 is 0 Å². The summed E-state index contributed by atoms with van der Waals surface area (Å²) in [6.07, 6.45) is 5.25. The van der Waals surface area contributed by atoms with Gasteiger partial charge in [-0.2, -0.15) is 0 Å². The molecule has 106 valence electrons. The van der Waals surface area contributed by atoms with E-state index in [2.05, 4.69) is 56.4 Å². The average molecular weight is 269 g/mol. The van der Waals surface area contributed by atoms with Gasteiger partial charge in [0.15, 0.2) is 0 Å². The van der Waals surface area contributed by atoms with Crippen molar-refractivity contribution in [2.24, 2.45) is 0 Å². The second-order valence-electron chi connectivity index (χ2n) is 6.72. The van der Waals surface area contributed by atoms with Gasteiger partial charge in [0.05, 0.1) is 12.3 Å². The molecule has 1 aliphatic carbocycles. The van der Waals surface area contributed by atoms with Crippen molar-refractivity contribution < 1.29 is 4.42 Å². The third-order valence-electron chi connectivity index (χ3n) is 4.14. The van der Waals surface area contributed by atoms with Gasteiger partial charge in [-0.25, -0.2) is 0 Å². The maximum Gasteiger partial charge on any atom is 0.109 e. The smallest absolute Gasteiger partial charge is 0.109 e. The number of aryl methyl sites for hydroxylation is 1. The third-order valence-corrected chi connectivity index (χ3v) is 4.14. The molecule has 2 nitrogen and oxygen atoms in total. The Morgan fingerprint density at radius 1 is 1.10 bits per heavy atom. The Bertz CT molecular complexity index is 574. The van der Waals surface area contributed by atoms with E-state index in [0.717, 1.165) is 12.2 Å². The predicted octanol–water partition coefficient (Wildman–Crippen LogP) is 5.07. The van der Waals surface area contributed by atoms with Crippen molar-refractivity contribution in [3.63, 3.8) is 0 Å². The van der Waals surface area contributed by atoms with E-state index in [4.69, 9.17) is 4.42 Å². The lowest BCUT2D eigenvalue weighted by Gasteiger charge is -2.24. The highest BCUT2D eigenvalue weighted by atomic mass is 16.3. The Labute approximate surface area is 121 Å². The monoisotopic (exact) mass is 269 g/mol. The molecule has 0 spiro atoms. The minimum absolute atomic E-state index is 0.209. The molecule has 20 heavy (non-hydrogen) atoms. The molecule has 1 atom stereocenters. The van der Waals surface area contributed by atoms with Crippen LogP contribution < -0.4 is 5.32 Å². The zero-order valence-corrected chi connectivity index (χ0v) is 12.6. The molecule has 0 saturated heterocycles. The molecule has 0 amide bonds. The number of furan rings is 1. The zero-order chi connectivity index (χ0) is 14.2. The summed E-state index contributed by atoms with van der Waals surface area (Å²) < 4.78 is 5.55. The number of hydrogen-bond donors (Lipinski definition) is 1. The molecule has 2 heteroatoms. The maximum absolute atomic E-state index is 5.55. The first kappa shape index (κ1) is 13.3. The first-order chi connectivity index (χ1) is 9.54. The summed E-state index contributed by atoms with van der Waals surface area (Å²) in [6, 6.07) is 11.3. The third kappa shape index (κ3) is 2.60. The van der Waals surface area contributed by atoms with Gasteiger partial charge >= 0.3 is 0 Å². The van der Waals surface area contributed by atoms with Crippen molar-refractivity contribution in [1.29, 1.82) is 0 Å². The van der Waals surface area contributed by atoms with Crippen molar-refractivity contribution in [2.45, 2.75) is 51.5 Å². The van der Waals surface area contributed by atoms with Crippen LogP contribution in [0.1, 0.15) is 56.5 Å². The molecule has 3 rings (SSSR count). The van der Waals surface area contributed by atoms with Crippen LogP contribution >= 0.6 is 0 Å². The quantitative estimate of drug-likeness (QED) is 0.823. The van der Waals surface area contributed by atoms with E-state index in [0.29, 0.717) is 6.04 Å². The molecule has 0 saturated carbocycles. The normalized spacial score (nSPS) is 18.6. The first-order valence-corrected chi connectivity index (χ1v) is 7.47. The van der Waals surface area contributed by atoms with Gasteiger partial charge < -0.3 is 9.73 Å². The van der Waals surface area contributed by atoms with Crippen molar-refractivity contribution in [3.8, 4) is 0 Å². The minimum Gasteiger partial charge on any atom is -0.469 e. The summed E-state index contributed by atoms with van der Waals surface area (Å²) in [5.41, 5.74) is 4.10. The van der Waals surface area contributed by atoms with Gasteiger partial charge in [0.1, 0.15) is 5.76 Å². The summed E-state index contributed by atoms with van der Waals surface area (Å²) in [7, 11) is 0. The van der Waals surface area contributed by atoms with Crippen LogP contribution in [0.2, 0.25) is 0 Å². The van der Waals surface area contributed by atoms with Gasteiger partial charge in [0.25, 0.3) is 0 Å². The van der Waals surface area contributed by atoms with Crippen molar-refractivity contribution in [2.75, 3.05) is 5.32 Å². The van der Waals surface area contributed by atoms with E-state index < -0.39 is 0 Å². The molecule has 0 radical (unpaired) electrons. The largest absolute Gasteiger partial charge is 0.469 e. The standard InChI is InChI=1S/C18H23NO/c1-18(2,3)13-7-9-14(10-8-13)19-16-5-4-6-17-15(16)11-12-20-17/h7-12,16,19H,4-6H2,1-3H3. The molecule has 1 heterocycles. The molecular weight excluding hydrogens is 246 g/mol. The fourth-order valence-corrected chi connectivity index (χ4v) is 2.90. The second kappa shape index (κ2) is 5.01. The van der Waals surface area contributed by atoms with E-state index in [-0.39, 0.29) is 5.41 Å². The molecule has 0 fully saturated rings. The predicted molar refractivity (Wildman–Crippen MR) is 83.2 cm³/mol. The topological polar surface area (TPSA) is 25.2 Å². The van der Waals surface area contributed by atoms with Crippen LogP contribution in [0.5, 0.6) is 0 Å². The van der Waals surface area contributed by atoms with E-state index in [1.54, 1.807) is 0 Å². The fourth-order valence-electron chi connectivity index (χ4n) is 2.90. The van der Waals surface area contributed by atoms with Gasteiger partial charge in [-0.1, -0.05) is 32.9 Å². The van der Waals surface area contributed by atoms with Gasteiger partial charge in [-0.3, -0.25) is 0 Å². The van der Waals surface area contributed by atoms with Gasteiger partial charge in [0.2, 0.25) is 0 Å². The Morgan fingerprint density at radius 2 is 1.85 bits per heavy atom. The number of hydrogen-bond acceptors (Lipinski definition) is 2. The van der Waals surface area contributed by atoms with Crippen molar-refractivity contribution >= 4 is 5.69 Å². The summed E-state index contributed by atoms with van der Waals surface area (Å²) in [4.78, 5) is 0. The van der Waals surface area contributed by atoms with E-state index in [1.807, 2.05) is 6.26 Å². The molecule has 0 bridgehead atoms. The lowest BCUT2D eigenvalue weighted by molar-refractivity contribution is 0.461. The van der Waals surface area contributed by atoms with Crippen molar-refractivity contribution in [1.82, 2.24) is 0 Å². The van der Waals surface area contributed by atoms with Gasteiger partial charge in [-0.15, -0.1) is 0 Å². The van der Waals surface area contributed by atoms with E-state index in [1.165, 1.54) is 29.7 Å². The number of fused-ring (bicyclic) bond motifs is 1. The molecule has 1 aliphatic rings. The number of nitrogens with one attached hydrogen (secondary N) is 1. The van der Waals surface area contributed by atoms with Gasteiger partial charge in [-0.05, 0) is 42.0 Å². The Balaban J connectivity index is 1.77. The average Bonchev–Trinajstić information content (AvgIpc) is 2.88. The Morgan fingerprint density at radius 3 is 2.55 bits per heavy atom. The van der Waals surface area contributed by atoms with Crippen LogP contribution in [0.25, 0.3) is 0 Å². The van der Waals surface area contributed by atoms with E-state index in [9.17, 15) is 0 Å². The molecule has 0 aliphatic heterocycles. The highest BCUT2D eigenvalue weighted by Crippen LogP contribution is 2.33. The maximum atomic E-state index is 5.55. The lowest BCUT2D eigenvalue weighted by atomic mass is 9.87. The van der Waals surface area contributed by atoms with Crippen LogP contribution in [0.4, 0.5) is 5.69 Å². The van der Waals surface area contributed by atoms with Crippen LogP contribution in [0, 0.1) is 0 Å². The van der Waals surface area contributed by atoms with Crippen LogP contribution in [0.15, 0.2) is 41.0 Å². The summed E-state index contributed by atoms with van der Waals surface area (Å²) in [5, 5.41) is 3.64. The molecular formula is C18H23NO. The van der Waals surface area contributed by atoms with Crippen LogP contribution in [-0.2, 0) is 11.8 Å². The lowest BCUT2D eigenvalue weighted by Crippen LogP contribution is -2.16. The summed E-state index contributed by atoms with van der Waals surface area (Å²) in [5.74, 6) is 1.15. The number of anilines is 1. The molecule has 1 aromatic heterocycles. The Kier molecular flexibility index (Phi) is 3.33. The molecule has 1 unspecified atom stereocenters. The van der Waals surface area contributed by atoms with Crippen molar-refractivity contribution in [3.05, 3.63) is 53.5 Å². The summed E-state index contributed by atoms with van der Waals surface area (Å²) >= 11 is 0. The molecule has 1 N–H and O–H groups in total. The van der Waals surface area contributed by atoms with Crippen LogP contribution in [-0.4, -0.2) is 0 Å². The SMILES string of the molecule is CC(C)(C)c1ccc(NC2CCCc3occc32)cc1. The molecule has 2 aromatic rings. The minimum atomic E-state index is 0.209. The summed E-state index contributed by atoms with van der Waals surface area (Å²) in [6.45, 7) is 6.73. The first-order valence-electron chi connectivity index (χ1n) is 7.47. The highest BCUT2D eigenvalue weighted by molar-refractivity contribution is 5.48. The zero-order valence-electron chi connectivity index (χ0n) is 12.6.